The van der Waals surface area contributed by atoms with E-state index in [0.29, 0.717) is 16.9 Å². The molecule has 3 rings (SSSR count). The van der Waals surface area contributed by atoms with E-state index in [1.54, 1.807) is 10.6 Å². The summed E-state index contributed by atoms with van der Waals surface area (Å²) < 4.78 is 15.3. The van der Waals surface area contributed by atoms with E-state index in [2.05, 4.69) is 5.32 Å². The lowest BCUT2D eigenvalue weighted by Gasteiger charge is -2.12. The van der Waals surface area contributed by atoms with Crippen LogP contribution in [-0.2, 0) is 0 Å². The van der Waals surface area contributed by atoms with Crippen molar-refractivity contribution in [2.24, 2.45) is 0 Å². The molecule has 2 aromatic carbocycles. The first kappa shape index (κ1) is 17.3. The molecule has 0 radical (unpaired) electrons. The minimum atomic E-state index is -0.433. The number of phenols is 1. The molecule has 1 amide bonds. The van der Waals surface area contributed by atoms with Crippen molar-refractivity contribution in [1.82, 2.24) is 4.57 Å². The average molecular weight is 326 g/mol. The van der Waals surface area contributed by atoms with Crippen molar-refractivity contribution in [3.63, 3.8) is 0 Å². The standard InChI is InChI=1S/C17H13FN2O2.C2H6/c18-13-5-8-16(20-9-1-2-10-20)15(11-13)19-17(22)12-3-6-14(21)7-4-12;1-2/h1-11,21H,(H,19,22);1-2H3. The highest BCUT2D eigenvalue weighted by Crippen LogP contribution is 2.23. The summed E-state index contributed by atoms with van der Waals surface area (Å²) in [5.41, 5.74) is 1.41. The molecule has 1 aromatic heterocycles. The van der Waals surface area contributed by atoms with Gasteiger partial charge < -0.3 is 15.0 Å². The van der Waals surface area contributed by atoms with Crippen LogP contribution in [0, 0.1) is 5.82 Å². The van der Waals surface area contributed by atoms with Crippen LogP contribution in [0.2, 0.25) is 0 Å². The molecular formula is C19H19FN2O2. The third kappa shape index (κ3) is 4.01. The van der Waals surface area contributed by atoms with Crippen molar-refractivity contribution >= 4 is 11.6 Å². The van der Waals surface area contributed by atoms with Gasteiger partial charge in [-0.2, -0.15) is 0 Å². The Balaban J connectivity index is 0.00000100. The second-order valence-electron chi connectivity index (χ2n) is 4.75. The Labute approximate surface area is 140 Å². The monoisotopic (exact) mass is 326 g/mol. The number of phenolic OH excluding ortho intramolecular Hbond substituents is 1. The molecule has 0 atom stereocenters. The lowest BCUT2D eigenvalue weighted by atomic mass is 10.2. The molecular weight excluding hydrogens is 307 g/mol. The van der Waals surface area contributed by atoms with Gasteiger partial charge in [0, 0.05) is 18.0 Å². The van der Waals surface area contributed by atoms with Crippen molar-refractivity contribution in [3.8, 4) is 11.4 Å². The van der Waals surface area contributed by atoms with Crippen LogP contribution in [0.15, 0.2) is 67.0 Å². The van der Waals surface area contributed by atoms with Crippen molar-refractivity contribution in [2.45, 2.75) is 13.8 Å². The number of nitrogens with zero attached hydrogens (tertiary/aromatic N) is 1. The maximum absolute atomic E-state index is 13.5. The molecule has 1 heterocycles. The topological polar surface area (TPSA) is 54.3 Å². The maximum Gasteiger partial charge on any atom is 0.255 e. The van der Waals surface area contributed by atoms with Gasteiger partial charge in [0.05, 0.1) is 11.4 Å². The molecule has 0 saturated heterocycles. The van der Waals surface area contributed by atoms with Crippen LogP contribution in [-0.4, -0.2) is 15.6 Å². The van der Waals surface area contributed by atoms with E-state index in [1.165, 1.54) is 36.4 Å². The van der Waals surface area contributed by atoms with Gasteiger partial charge in [0.2, 0.25) is 0 Å². The van der Waals surface area contributed by atoms with Crippen LogP contribution in [0.4, 0.5) is 10.1 Å². The summed E-state index contributed by atoms with van der Waals surface area (Å²) in [6.45, 7) is 4.00. The lowest BCUT2D eigenvalue weighted by molar-refractivity contribution is 0.102. The number of hydrogen-bond acceptors (Lipinski definition) is 2. The first-order valence-corrected chi connectivity index (χ1v) is 7.67. The Hall–Kier alpha value is -3.08. The van der Waals surface area contributed by atoms with Gasteiger partial charge in [0.25, 0.3) is 5.91 Å². The van der Waals surface area contributed by atoms with Crippen molar-refractivity contribution in [3.05, 3.63) is 78.4 Å². The zero-order valence-electron chi connectivity index (χ0n) is 13.5. The largest absolute Gasteiger partial charge is 0.508 e. The van der Waals surface area contributed by atoms with Gasteiger partial charge in [-0.3, -0.25) is 4.79 Å². The van der Waals surface area contributed by atoms with E-state index >= 15 is 0 Å². The molecule has 124 valence electrons. The number of aromatic hydroxyl groups is 1. The number of nitrogens with one attached hydrogen (secondary N) is 1. The summed E-state index contributed by atoms with van der Waals surface area (Å²) in [7, 11) is 0. The average Bonchev–Trinajstić information content (AvgIpc) is 3.12. The van der Waals surface area contributed by atoms with Crippen LogP contribution < -0.4 is 5.32 Å². The molecule has 0 aliphatic rings. The molecule has 0 saturated carbocycles. The second kappa shape index (κ2) is 7.97. The van der Waals surface area contributed by atoms with Crippen molar-refractivity contribution in [1.29, 1.82) is 0 Å². The van der Waals surface area contributed by atoms with Gasteiger partial charge >= 0.3 is 0 Å². The highest BCUT2D eigenvalue weighted by molar-refractivity contribution is 6.05. The van der Waals surface area contributed by atoms with Crippen LogP contribution in [0.5, 0.6) is 5.75 Å². The molecule has 4 nitrogen and oxygen atoms in total. The number of carbonyl (C=O) groups is 1. The molecule has 2 N–H and O–H groups in total. The molecule has 0 aliphatic heterocycles. The summed E-state index contributed by atoms with van der Waals surface area (Å²) in [5, 5.41) is 11.9. The van der Waals surface area contributed by atoms with Crippen molar-refractivity contribution in [2.75, 3.05) is 5.32 Å². The molecule has 0 fully saturated rings. The van der Waals surface area contributed by atoms with Gasteiger partial charge in [-0.05, 0) is 54.6 Å². The van der Waals surface area contributed by atoms with E-state index in [-0.39, 0.29) is 11.7 Å². The SMILES string of the molecule is CC.O=C(Nc1cc(F)ccc1-n1cccc1)c1ccc(O)cc1. The quantitative estimate of drug-likeness (QED) is 0.739. The highest BCUT2D eigenvalue weighted by Gasteiger charge is 2.11. The van der Waals surface area contributed by atoms with Crippen LogP contribution in [0.1, 0.15) is 24.2 Å². The van der Waals surface area contributed by atoms with Crippen LogP contribution in [0.25, 0.3) is 5.69 Å². The Morgan fingerprint density at radius 3 is 2.29 bits per heavy atom. The van der Waals surface area contributed by atoms with Crippen molar-refractivity contribution < 1.29 is 14.3 Å². The van der Waals surface area contributed by atoms with E-state index < -0.39 is 5.82 Å². The second-order valence-corrected chi connectivity index (χ2v) is 4.75. The number of benzene rings is 2. The molecule has 0 unspecified atom stereocenters. The third-order valence-electron chi connectivity index (χ3n) is 3.22. The minimum absolute atomic E-state index is 0.0790. The van der Waals surface area contributed by atoms with Gasteiger partial charge in [-0.25, -0.2) is 4.39 Å². The summed E-state index contributed by atoms with van der Waals surface area (Å²) in [4.78, 5) is 12.2. The molecule has 5 heteroatoms. The molecule has 3 aromatic rings. The number of anilines is 1. The highest BCUT2D eigenvalue weighted by atomic mass is 19.1. The zero-order chi connectivity index (χ0) is 17.5. The molecule has 0 bridgehead atoms. The van der Waals surface area contributed by atoms with E-state index in [4.69, 9.17) is 0 Å². The number of carbonyl (C=O) groups excluding carboxylic acids is 1. The number of rotatable bonds is 3. The fourth-order valence-electron chi connectivity index (χ4n) is 2.14. The van der Waals surface area contributed by atoms with Crippen LogP contribution in [0.3, 0.4) is 0 Å². The van der Waals surface area contributed by atoms with Gasteiger partial charge in [0.1, 0.15) is 11.6 Å². The Kier molecular flexibility index (Phi) is 5.73. The Bertz CT molecular complexity index is 797. The number of amides is 1. The van der Waals surface area contributed by atoms with Crippen LogP contribution >= 0.6 is 0 Å². The fourth-order valence-corrected chi connectivity index (χ4v) is 2.14. The number of halogens is 1. The van der Waals surface area contributed by atoms with E-state index in [9.17, 15) is 14.3 Å². The minimum Gasteiger partial charge on any atom is -0.508 e. The molecule has 0 spiro atoms. The third-order valence-corrected chi connectivity index (χ3v) is 3.22. The summed E-state index contributed by atoms with van der Waals surface area (Å²) in [5.74, 6) is -0.730. The first-order valence-electron chi connectivity index (χ1n) is 7.67. The van der Waals surface area contributed by atoms with Gasteiger partial charge in [-0.1, -0.05) is 13.8 Å². The van der Waals surface area contributed by atoms with E-state index in [1.807, 2.05) is 38.4 Å². The first-order chi connectivity index (χ1) is 11.6. The maximum atomic E-state index is 13.5. The van der Waals surface area contributed by atoms with E-state index in [0.717, 1.165) is 0 Å². The Morgan fingerprint density at radius 2 is 1.67 bits per heavy atom. The van der Waals surface area contributed by atoms with Gasteiger partial charge in [-0.15, -0.1) is 0 Å². The molecule has 24 heavy (non-hydrogen) atoms. The van der Waals surface area contributed by atoms with Gasteiger partial charge in [0.15, 0.2) is 0 Å². The summed E-state index contributed by atoms with van der Waals surface area (Å²) in [6, 6.07) is 13.7. The fraction of sp³-hybridized carbons (Fsp3) is 0.105. The summed E-state index contributed by atoms with van der Waals surface area (Å²) in [6.07, 6.45) is 3.62. The zero-order valence-corrected chi connectivity index (χ0v) is 13.5. The smallest absolute Gasteiger partial charge is 0.255 e. The molecule has 0 aliphatic carbocycles. The number of hydrogen-bond donors (Lipinski definition) is 2. The normalized spacial score (nSPS) is 9.79. The number of aromatic nitrogens is 1. The predicted octanol–water partition coefficient (Wildman–Crippen LogP) is 4.60. The predicted molar refractivity (Wildman–Crippen MR) is 93.1 cm³/mol. The lowest BCUT2D eigenvalue weighted by Crippen LogP contribution is -2.13. The summed E-state index contributed by atoms with van der Waals surface area (Å²) >= 11 is 0. The Morgan fingerprint density at radius 1 is 1.04 bits per heavy atom.